The average molecular weight is 251 g/mol. The second kappa shape index (κ2) is 4.73. The number of rotatable bonds is 4. The Balaban J connectivity index is 2.19. The lowest BCUT2D eigenvalue weighted by Gasteiger charge is -2.11. The minimum Gasteiger partial charge on any atom is -0.468 e. The van der Waals surface area contributed by atoms with Crippen molar-refractivity contribution >= 4 is 10.0 Å². The van der Waals surface area contributed by atoms with Crippen LogP contribution in [0.15, 0.2) is 58.0 Å². The maximum absolute atomic E-state index is 12.0. The first-order valence-electron chi connectivity index (χ1n) is 5.20. The van der Waals surface area contributed by atoms with Gasteiger partial charge in [0.2, 0.25) is 10.0 Å². The molecule has 0 radical (unpaired) electrons. The smallest absolute Gasteiger partial charge is 0.241 e. The number of furan rings is 1. The number of hydrogen-bond donors (Lipinski definition) is 1. The van der Waals surface area contributed by atoms with Crippen LogP contribution in [0.2, 0.25) is 0 Å². The molecule has 5 heteroatoms. The van der Waals surface area contributed by atoms with Crippen molar-refractivity contribution in [1.82, 2.24) is 4.72 Å². The number of benzene rings is 1. The Kier molecular flexibility index (Phi) is 3.31. The van der Waals surface area contributed by atoms with Crippen LogP contribution in [0.3, 0.4) is 0 Å². The van der Waals surface area contributed by atoms with Crippen molar-refractivity contribution in [2.75, 3.05) is 0 Å². The van der Waals surface area contributed by atoms with Crippen LogP contribution in [-0.4, -0.2) is 8.42 Å². The van der Waals surface area contributed by atoms with Gasteiger partial charge in [0.05, 0.1) is 17.2 Å². The van der Waals surface area contributed by atoms with Gasteiger partial charge >= 0.3 is 0 Å². The second-order valence-electron chi connectivity index (χ2n) is 3.67. The van der Waals surface area contributed by atoms with Crippen molar-refractivity contribution in [3.05, 3.63) is 54.5 Å². The fraction of sp³-hybridized carbons (Fsp3) is 0.167. The molecule has 1 aromatic carbocycles. The maximum Gasteiger partial charge on any atom is 0.241 e. The molecule has 0 aliphatic rings. The van der Waals surface area contributed by atoms with E-state index in [4.69, 9.17) is 4.42 Å². The molecule has 1 atom stereocenters. The number of hydrogen-bond acceptors (Lipinski definition) is 3. The molecule has 2 aromatic rings. The van der Waals surface area contributed by atoms with Gasteiger partial charge in [0, 0.05) is 0 Å². The molecule has 0 aliphatic heterocycles. The molecule has 0 fully saturated rings. The maximum atomic E-state index is 12.0. The van der Waals surface area contributed by atoms with Crippen LogP contribution < -0.4 is 4.72 Å². The van der Waals surface area contributed by atoms with Crippen molar-refractivity contribution in [2.24, 2.45) is 0 Å². The highest BCUT2D eigenvalue weighted by Crippen LogP contribution is 2.16. The Bertz CT molecular complexity index is 561. The first-order chi connectivity index (χ1) is 8.09. The summed E-state index contributed by atoms with van der Waals surface area (Å²) in [6.07, 6.45) is 1.52. The van der Waals surface area contributed by atoms with E-state index in [0.29, 0.717) is 5.76 Å². The molecule has 0 amide bonds. The zero-order valence-corrected chi connectivity index (χ0v) is 10.1. The van der Waals surface area contributed by atoms with Gasteiger partial charge in [-0.2, -0.15) is 0 Å². The van der Waals surface area contributed by atoms with Crippen LogP contribution in [0.25, 0.3) is 0 Å². The second-order valence-corrected chi connectivity index (χ2v) is 5.39. The fourth-order valence-corrected chi connectivity index (χ4v) is 2.73. The van der Waals surface area contributed by atoms with Gasteiger partial charge in [-0.15, -0.1) is 0 Å². The molecule has 17 heavy (non-hydrogen) atoms. The quantitative estimate of drug-likeness (QED) is 0.907. The van der Waals surface area contributed by atoms with Crippen LogP contribution in [0, 0.1) is 0 Å². The van der Waals surface area contributed by atoms with Crippen LogP contribution in [0.1, 0.15) is 18.7 Å². The molecule has 4 nitrogen and oxygen atoms in total. The van der Waals surface area contributed by atoms with Crippen molar-refractivity contribution in [1.29, 1.82) is 0 Å². The average Bonchev–Trinajstić information content (AvgIpc) is 2.83. The Hall–Kier alpha value is -1.59. The van der Waals surface area contributed by atoms with E-state index in [9.17, 15) is 8.42 Å². The van der Waals surface area contributed by atoms with Gasteiger partial charge in [-0.05, 0) is 31.2 Å². The Morgan fingerprint density at radius 2 is 1.82 bits per heavy atom. The summed E-state index contributed by atoms with van der Waals surface area (Å²) in [5.41, 5.74) is 0. The van der Waals surface area contributed by atoms with E-state index >= 15 is 0 Å². The van der Waals surface area contributed by atoms with E-state index in [2.05, 4.69) is 4.72 Å². The monoisotopic (exact) mass is 251 g/mol. The zero-order chi connectivity index (χ0) is 12.3. The third-order valence-corrected chi connectivity index (χ3v) is 3.91. The highest BCUT2D eigenvalue weighted by Gasteiger charge is 2.19. The van der Waals surface area contributed by atoms with E-state index in [-0.39, 0.29) is 4.90 Å². The third-order valence-electron chi connectivity index (χ3n) is 2.36. The lowest BCUT2D eigenvalue weighted by molar-refractivity contribution is 0.459. The minimum atomic E-state index is -3.50. The predicted octanol–water partition coefficient (Wildman–Crippen LogP) is 2.32. The summed E-state index contributed by atoms with van der Waals surface area (Å²) in [7, 11) is -3.50. The Labute approximate surface area is 100 Å². The van der Waals surface area contributed by atoms with E-state index in [1.165, 1.54) is 6.26 Å². The molecule has 2 rings (SSSR count). The van der Waals surface area contributed by atoms with Gasteiger partial charge in [-0.1, -0.05) is 18.2 Å². The summed E-state index contributed by atoms with van der Waals surface area (Å²) < 4.78 is 31.7. The van der Waals surface area contributed by atoms with Gasteiger partial charge in [0.15, 0.2) is 0 Å². The summed E-state index contributed by atoms with van der Waals surface area (Å²) in [6.45, 7) is 1.74. The first-order valence-corrected chi connectivity index (χ1v) is 6.69. The van der Waals surface area contributed by atoms with Crippen LogP contribution >= 0.6 is 0 Å². The van der Waals surface area contributed by atoms with Gasteiger partial charge < -0.3 is 4.42 Å². The predicted molar refractivity (Wildman–Crippen MR) is 63.9 cm³/mol. The zero-order valence-electron chi connectivity index (χ0n) is 9.33. The lowest BCUT2D eigenvalue weighted by Crippen LogP contribution is -2.26. The van der Waals surface area contributed by atoms with Crippen molar-refractivity contribution in [3.63, 3.8) is 0 Å². The third kappa shape index (κ3) is 2.75. The van der Waals surface area contributed by atoms with Gasteiger partial charge in [0.25, 0.3) is 0 Å². The molecule has 0 spiro atoms. The van der Waals surface area contributed by atoms with E-state index < -0.39 is 16.1 Å². The molecule has 1 heterocycles. The molecule has 0 aliphatic carbocycles. The summed E-state index contributed by atoms with van der Waals surface area (Å²) in [5, 5.41) is 0. The highest BCUT2D eigenvalue weighted by molar-refractivity contribution is 7.89. The topological polar surface area (TPSA) is 59.3 Å². The van der Waals surface area contributed by atoms with Crippen molar-refractivity contribution < 1.29 is 12.8 Å². The van der Waals surface area contributed by atoms with Crippen molar-refractivity contribution in [2.45, 2.75) is 17.9 Å². The highest BCUT2D eigenvalue weighted by atomic mass is 32.2. The van der Waals surface area contributed by atoms with Crippen molar-refractivity contribution in [3.8, 4) is 0 Å². The molecule has 0 saturated heterocycles. The number of nitrogens with one attached hydrogen (secondary N) is 1. The Morgan fingerprint density at radius 1 is 1.12 bits per heavy atom. The van der Waals surface area contributed by atoms with Gasteiger partial charge in [0.1, 0.15) is 5.76 Å². The SMILES string of the molecule is CC(NS(=O)(=O)c1ccccc1)c1ccco1. The van der Waals surface area contributed by atoms with E-state index in [0.717, 1.165) is 0 Å². The number of sulfonamides is 1. The van der Waals surface area contributed by atoms with Gasteiger partial charge in [-0.25, -0.2) is 13.1 Å². The molecule has 90 valence electrons. The Morgan fingerprint density at radius 3 is 2.41 bits per heavy atom. The summed E-state index contributed by atoms with van der Waals surface area (Å²) in [6, 6.07) is 11.3. The fourth-order valence-electron chi connectivity index (χ4n) is 1.50. The molecular formula is C12H13NO3S. The van der Waals surface area contributed by atoms with Crippen LogP contribution in [-0.2, 0) is 10.0 Å². The first kappa shape index (κ1) is 11.9. The summed E-state index contributed by atoms with van der Waals surface area (Å²) in [4.78, 5) is 0.249. The molecule has 0 saturated carbocycles. The van der Waals surface area contributed by atoms with Crippen LogP contribution in [0.5, 0.6) is 0 Å². The molecule has 1 N–H and O–H groups in total. The van der Waals surface area contributed by atoms with E-state index in [1.807, 2.05) is 0 Å². The normalized spacial score (nSPS) is 13.5. The molecule has 1 aromatic heterocycles. The molecule has 1 unspecified atom stereocenters. The lowest BCUT2D eigenvalue weighted by atomic mass is 10.3. The van der Waals surface area contributed by atoms with E-state index in [1.54, 1.807) is 49.4 Å². The standard InChI is InChI=1S/C12H13NO3S/c1-10(12-8-5-9-16-12)13-17(14,15)11-6-3-2-4-7-11/h2-10,13H,1H3. The minimum absolute atomic E-state index is 0.249. The molecule has 0 bridgehead atoms. The summed E-state index contributed by atoms with van der Waals surface area (Å²) >= 11 is 0. The van der Waals surface area contributed by atoms with Crippen LogP contribution in [0.4, 0.5) is 0 Å². The molecular weight excluding hydrogens is 238 g/mol. The largest absolute Gasteiger partial charge is 0.468 e. The van der Waals surface area contributed by atoms with Gasteiger partial charge in [-0.3, -0.25) is 0 Å². The summed E-state index contributed by atoms with van der Waals surface area (Å²) in [5.74, 6) is 0.588.